The zero-order chi connectivity index (χ0) is 15.6. The predicted molar refractivity (Wildman–Crippen MR) is 75.1 cm³/mol. The number of carbonyl (C=O) groups excluding carboxylic acids is 1. The molecule has 0 atom stereocenters. The van der Waals surface area contributed by atoms with E-state index in [1.807, 2.05) is 20.8 Å². The third kappa shape index (κ3) is 3.25. The highest BCUT2D eigenvalue weighted by Gasteiger charge is 2.23. The van der Waals surface area contributed by atoms with Crippen molar-refractivity contribution in [1.82, 2.24) is 5.16 Å². The molecule has 0 spiro atoms. The Balaban J connectivity index is 2.23. The Hall–Kier alpha value is -2.70. The van der Waals surface area contributed by atoms with Gasteiger partial charge in [-0.2, -0.15) is 0 Å². The lowest BCUT2D eigenvalue weighted by molar-refractivity contribution is -0.385. The minimum absolute atomic E-state index is 0.0807. The molecule has 0 saturated heterocycles. The topological polar surface area (TPSA) is 98.3 Å². The van der Waals surface area contributed by atoms with Gasteiger partial charge in [0.2, 0.25) is 0 Å². The lowest BCUT2D eigenvalue weighted by Gasteiger charge is -2.12. The lowest BCUT2D eigenvalue weighted by atomic mass is 9.93. The molecular weight excluding hydrogens is 274 g/mol. The molecule has 7 heteroatoms. The van der Waals surface area contributed by atoms with Crippen molar-refractivity contribution in [2.45, 2.75) is 26.2 Å². The molecule has 109 valence electrons. The minimum Gasteiger partial charge on any atom is -0.359 e. The van der Waals surface area contributed by atoms with Gasteiger partial charge in [0.25, 0.3) is 11.6 Å². The van der Waals surface area contributed by atoms with Gasteiger partial charge in [-0.1, -0.05) is 25.9 Å². The van der Waals surface area contributed by atoms with E-state index in [4.69, 9.17) is 4.52 Å². The maximum absolute atomic E-state index is 12.1. The Morgan fingerprint density at radius 3 is 2.76 bits per heavy atom. The largest absolute Gasteiger partial charge is 0.359 e. The van der Waals surface area contributed by atoms with Crippen LogP contribution in [0.2, 0.25) is 0 Å². The third-order valence-corrected chi connectivity index (χ3v) is 2.77. The molecule has 1 aromatic heterocycles. The van der Waals surface area contributed by atoms with E-state index in [0.29, 0.717) is 5.76 Å². The molecule has 1 heterocycles. The first kappa shape index (κ1) is 14.7. The maximum Gasteiger partial charge on any atom is 0.282 e. The van der Waals surface area contributed by atoms with Gasteiger partial charge in [-0.15, -0.1) is 0 Å². The monoisotopic (exact) mass is 288 g/mol. The van der Waals surface area contributed by atoms with Crippen molar-refractivity contribution < 1.29 is 14.2 Å². The van der Waals surface area contributed by atoms with Gasteiger partial charge >= 0.3 is 0 Å². The smallest absolute Gasteiger partial charge is 0.282 e. The normalized spacial score (nSPS) is 11.2. The summed E-state index contributed by atoms with van der Waals surface area (Å²) in [7, 11) is 0. The summed E-state index contributed by atoms with van der Waals surface area (Å²) in [5.74, 6) is 0.183. The Labute approximate surface area is 121 Å². The number of nitrogens with one attached hydrogen (secondary N) is 1. The van der Waals surface area contributed by atoms with Gasteiger partial charge in [0.05, 0.1) is 4.92 Å². The highest BCUT2D eigenvalue weighted by Crippen LogP contribution is 2.25. The van der Waals surface area contributed by atoms with Crippen molar-refractivity contribution in [3.8, 4) is 0 Å². The number of hydrogen-bond donors (Lipinski definition) is 1. The Morgan fingerprint density at radius 2 is 2.19 bits per heavy atom. The standard InChI is InChI=1S/C14H14N3O4/c1-14(2,3)11-8-12(16-21-11)15-13(18)9-6-4-5-7-10(9)17(19)20/h5-8H,1-3H3,(H,15,16,18). The summed E-state index contributed by atoms with van der Waals surface area (Å²) in [4.78, 5) is 22.4. The molecule has 1 amide bonds. The van der Waals surface area contributed by atoms with Gasteiger partial charge in [-0.05, 0) is 18.2 Å². The molecule has 0 saturated carbocycles. The van der Waals surface area contributed by atoms with Crippen LogP contribution in [-0.2, 0) is 5.41 Å². The van der Waals surface area contributed by atoms with Crippen LogP contribution in [0.3, 0.4) is 0 Å². The number of benzene rings is 1. The average Bonchev–Trinajstić information content (AvgIpc) is 2.87. The number of anilines is 1. The first-order valence-electron chi connectivity index (χ1n) is 6.22. The fraction of sp³-hybridized carbons (Fsp3) is 0.286. The number of rotatable bonds is 3. The summed E-state index contributed by atoms with van der Waals surface area (Å²) in [6, 6.07) is 8.10. The number of nitrogens with zero attached hydrogens (tertiary/aromatic N) is 2. The van der Waals surface area contributed by atoms with Crippen molar-refractivity contribution in [2.24, 2.45) is 0 Å². The molecule has 0 unspecified atom stereocenters. The van der Waals surface area contributed by atoms with E-state index >= 15 is 0 Å². The molecule has 1 radical (unpaired) electrons. The van der Waals surface area contributed by atoms with Crippen LogP contribution in [-0.4, -0.2) is 16.0 Å². The minimum atomic E-state index is -0.632. The zero-order valence-corrected chi connectivity index (χ0v) is 11.8. The summed E-state index contributed by atoms with van der Waals surface area (Å²) >= 11 is 0. The molecule has 2 aromatic rings. The molecule has 7 nitrogen and oxygen atoms in total. The molecule has 2 rings (SSSR count). The summed E-state index contributed by atoms with van der Waals surface area (Å²) in [6.07, 6.45) is 0. The number of amides is 1. The molecule has 1 aromatic carbocycles. The highest BCUT2D eigenvalue weighted by molar-refractivity contribution is 6.06. The summed E-state index contributed by atoms with van der Waals surface area (Å²) in [6.45, 7) is 5.82. The molecular formula is C14H14N3O4. The van der Waals surface area contributed by atoms with Crippen LogP contribution in [0.15, 0.2) is 28.8 Å². The second kappa shape index (κ2) is 5.35. The van der Waals surface area contributed by atoms with Gasteiger partial charge in [-0.3, -0.25) is 14.9 Å². The number of nitro groups is 1. The van der Waals surface area contributed by atoms with Gasteiger partial charge < -0.3 is 9.84 Å². The van der Waals surface area contributed by atoms with Gasteiger partial charge in [-0.25, -0.2) is 0 Å². The number of aromatic nitrogens is 1. The van der Waals surface area contributed by atoms with Crippen LogP contribution in [0.1, 0.15) is 36.9 Å². The molecule has 0 fully saturated rings. The van der Waals surface area contributed by atoms with Crippen LogP contribution in [0.5, 0.6) is 0 Å². The Bertz CT molecular complexity index is 686. The Kier molecular flexibility index (Phi) is 3.75. The highest BCUT2D eigenvalue weighted by atomic mass is 16.6. The first-order chi connectivity index (χ1) is 9.79. The van der Waals surface area contributed by atoms with Crippen molar-refractivity contribution in [2.75, 3.05) is 5.32 Å². The molecule has 0 aliphatic heterocycles. The fourth-order valence-electron chi connectivity index (χ4n) is 1.63. The molecule has 0 bridgehead atoms. The second-order valence-corrected chi connectivity index (χ2v) is 5.48. The molecule has 0 aliphatic rings. The van der Waals surface area contributed by atoms with Crippen molar-refractivity contribution in [3.63, 3.8) is 0 Å². The summed E-state index contributed by atoms with van der Waals surface area (Å²) in [5.41, 5.74) is -0.615. The van der Waals surface area contributed by atoms with E-state index in [0.717, 1.165) is 0 Å². The molecule has 1 N–H and O–H groups in total. The average molecular weight is 288 g/mol. The fourth-order valence-corrected chi connectivity index (χ4v) is 1.63. The van der Waals surface area contributed by atoms with Crippen LogP contribution in [0.25, 0.3) is 0 Å². The van der Waals surface area contributed by atoms with E-state index in [1.54, 1.807) is 6.07 Å². The number of nitro benzene ring substituents is 1. The van der Waals surface area contributed by atoms with Crippen molar-refractivity contribution >= 4 is 17.4 Å². The van der Waals surface area contributed by atoms with Crippen LogP contribution < -0.4 is 5.32 Å². The first-order valence-corrected chi connectivity index (χ1v) is 6.22. The van der Waals surface area contributed by atoms with Crippen LogP contribution >= 0.6 is 0 Å². The van der Waals surface area contributed by atoms with Gasteiger partial charge in [0.15, 0.2) is 5.82 Å². The quantitative estimate of drug-likeness (QED) is 0.691. The maximum atomic E-state index is 12.1. The van der Waals surface area contributed by atoms with Crippen molar-refractivity contribution in [3.05, 3.63) is 51.8 Å². The molecule has 21 heavy (non-hydrogen) atoms. The summed E-state index contributed by atoms with van der Waals surface area (Å²) < 4.78 is 5.14. The van der Waals surface area contributed by atoms with Crippen molar-refractivity contribution in [1.29, 1.82) is 0 Å². The van der Waals surface area contributed by atoms with Gasteiger partial charge in [0, 0.05) is 17.5 Å². The Morgan fingerprint density at radius 1 is 1.48 bits per heavy atom. The van der Waals surface area contributed by atoms with Gasteiger partial charge in [0.1, 0.15) is 11.3 Å². The SMILES string of the molecule is CC(C)(C)c1cc(NC(=O)c2c[c]ccc2[N+](=O)[O-])no1. The lowest BCUT2D eigenvalue weighted by Crippen LogP contribution is -2.14. The van der Waals surface area contributed by atoms with E-state index in [9.17, 15) is 14.9 Å². The second-order valence-electron chi connectivity index (χ2n) is 5.48. The third-order valence-electron chi connectivity index (χ3n) is 2.77. The van der Waals surface area contributed by atoms with E-state index in [-0.39, 0.29) is 22.5 Å². The number of carbonyl (C=O) groups is 1. The molecule has 0 aliphatic carbocycles. The van der Waals surface area contributed by atoms with E-state index < -0.39 is 10.8 Å². The van der Waals surface area contributed by atoms with E-state index in [2.05, 4.69) is 16.5 Å². The summed E-state index contributed by atoms with van der Waals surface area (Å²) in [5, 5.41) is 17.1. The van der Waals surface area contributed by atoms with Crippen LogP contribution in [0, 0.1) is 16.2 Å². The zero-order valence-electron chi connectivity index (χ0n) is 11.8. The predicted octanol–water partition coefficient (Wildman–Crippen LogP) is 2.93. The number of hydrogen-bond acceptors (Lipinski definition) is 5. The van der Waals surface area contributed by atoms with Crippen LogP contribution in [0.4, 0.5) is 11.5 Å². The van der Waals surface area contributed by atoms with E-state index in [1.165, 1.54) is 18.2 Å².